The van der Waals surface area contributed by atoms with E-state index in [4.69, 9.17) is 0 Å². The van der Waals surface area contributed by atoms with Crippen LogP contribution in [0.3, 0.4) is 0 Å². The molecule has 1 saturated heterocycles. The fourth-order valence-corrected chi connectivity index (χ4v) is 3.54. The molecule has 1 aliphatic heterocycles. The van der Waals surface area contributed by atoms with Gasteiger partial charge >= 0.3 is 0 Å². The molecular formula is C20H27FN4O. The highest BCUT2D eigenvalue weighted by Crippen LogP contribution is 2.23. The molecule has 0 spiro atoms. The summed E-state index contributed by atoms with van der Waals surface area (Å²) in [4.78, 5) is 21.1. The van der Waals surface area contributed by atoms with E-state index in [1.54, 1.807) is 26.0 Å². The monoisotopic (exact) mass is 358 g/mol. The van der Waals surface area contributed by atoms with Crippen molar-refractivity contribution in [3.63, 3.8) is 0 Å². The molecule has 1 aromatic carbocycles. The van der Waals surface area contributed by atoms with Crippen LogP contribution >= 0.6 is 0 Å². The zero-order valence-electron chi connectivity index (χ0n) is 15.8. The highest BCUT2D eigenvalue weighted by atomic mass is 19.1. The van der Waals surface area contributed by atoms with Crippen LogP contribution in [0.25, 0.3) is 5.69 Å². The maximum Gasteiger partial charge on any atom is 0.258 e. The van der Waals surface area contributed by atoms with Crippen molar-refractivity contribution < 1.29 is 4.39 Å². The first-order valence-electron chi connectivity index (χ1n) is 9.34. The van der Waals surface area contributed by atoms with Crippen molar-refractivity contribution in [2.75, 3.05) is 37.6 Å². The van der Waals surface area contributed by atoms with Gasteiger partial charge in [-0.05, 0) is 38.9 Å². The Hall–Kier alpha value is -2.21. The minimum atomic E-state index is -0.295. The Bertz CT molecular complexity index is 825. The van der Waals surface area contributed by atoms with Gasteiger partial charge in [-0.1, -0.05) is 13.3 Å². The average Bonchev–Trinajstić information content (AvgIpc) is 2.60. The number of unbranched alkanes of at least 4 members (excludes halogenated alkanes) is 1. The number of nitrogens with zero attached hydrogens (tertiary/aromatic N) is 4. The average molecular weight is 358 g/mol. The third-order valence-electron chi connectivity index (χ3n) is 4.94. The first kappa shape index (κ1) is 18.6. The second kappa shape index (κ2) is 7.99. The molecule has 3 rings (SSSR count). The largest absolute Gasteiger partial charge is 0.367 e. The molecule has 0 bridgehead atoms. The molecule has 0 radical (unpaired) electrons. The predicted molar refractivity (Wildman–Crippen MR) is 103 cm³/mol. The standard InChI is InChI=1S/C20H27FN4O/c1-4-5-8-23-9-11-24(12-10-23)19-7-6-17(14-18(19)21)25-16(3)22-15(2)13-20(25)26/h6-7,13-14H,4-5,8-12H2,1-3H3. The maximum absolute atomic E-state index is 14.8. The van der Waals surface area contributed by atoms with Crippen LogP contribution in [0, 0.1) is 19.7 Å². The Morgan fingerprint density at radius 3 is 2.46 bits per heavy atom. The van der Waals surface area contributed by atoms with Crippen LogP contribution in [0.5, 0.6) is 0 Å². The molecule has 26 heavy (non-hydrogen) atoms. The Kier molecular flexibility index (Phi) is 5.71. The number of aromatic nitrogens is 2. The Morgan fingerprint density at radius 2 is 1.85 bits per heavy atom. The summed E-state index contributed by atoms with van der Waals surface area (Å²) >= 11 is 0. The van der Waals surface area contributed by atoms with Gasteiger partial charge in [0.15, 0.2) is 0 Å². The number of hydrogen-bond acceptors (Lipinski definition) is 4. The van der Waals surface area contributed by atoms with Crippen molar-refractivity contribution in [2.24, 2.45) is 0 Å². The SMILES string of the molecule is CCCCN1CCN(c2ccc(-n3c(C)nc(C)cc3=O)cc2F)CC1. The fraction of sp³-hybridized carbons (Fsp3) is 0.500. The Labute approximate surface area is 154 Å². The van der Waals surface area contributed by atoms with Gasteiger partial charge in [0.05, 0.1) is 11.4 Å². The maximum atomic E-state index is 14.8. The molecule has 1 aromatic heterocycles. The molecule has 6 heteroatoms. The number of rotatable bonds is 5. The van der Waals surface area contributed by atoms with Gasteiger partial charge in [-0.25, -0.2) is 9.37 Å². The molecule has 1 aliphatic rings. The zero-order chi connectivity index (χ0) is 18.7. The van der Waals surface area contributed by atoms with E-state index in [-0.39, 0.29) is 11.4 Å². The summed E-state index contributed by atoms with van der Waals surface area (Å²) in [5.41, 5.74) is 1.60. The van der Waals surface area contributed by atoms with Crippen molar-refractivity contribution >= 4 is 5.69 Å². The molecule has 0 atom stereocenters. The molecule has 5 nitrogen and oxygen atoms in total. The summed E-state index contributed by atoms with van der Waals surface area (Å²) in [5.74, 6) is 0.267. The Balaban J connectivity index is 1.78. The zero-order valence-corrected chi connectivity index (χ0v) is 15.8. The fourth-order valence-electron chi connectivity index (χ4n) is 3.54. The number of anilines is 1. The third kappa shape index (κ3) is 3.96. The van der Waals surface area contributed by atoms with Gasteiger partial charge in [-0.3, -0.25) is 14.3 Å². The molecule has 0 N–H and O–H groups in total. The molecule has 0 unspecified atom stereocenters. The number of halogens is 1. The number of benzene rings is 1. The number of piperazine rings is 1. The highest BCUT2D eigenvalue weighted by molar-refractivity contribution is 5.53. The molecule has 0 aliphatic carbocycles. The molecule has 2 aromatic rings. The minimum Gasteiger partial charge on any atom is -0.367 e. The van der Waals surface area contributed by atoms with E-state index >= 15 is 0 Å². The number of aryl methyl sites for hydroxylation is 2. The summed E-state index contributed by atoms with van der Waals surface area (Å²) in [6.07, 6.45) is 2.41. The van der Waals surface area contributed by atoms with E-state index in [1.165, 1.54) is 29.5 Å². The van der Waals surface area contributed by atoms with Crippen LogP contribution in [-0.2, 0) is 0 Å². The van der Waals surface area contributed by atoms with Gasteiger partial charge in [-0.2, -0.15) is 0 Å². The topological polar surface area (TPSA) is 41.4 Å². The predicted octanol–water partition coefficient (Wildman–Crippen LogP) is 2.91. The van der Waals surface area contributed by atoms with Crippen molar-refractivity contribution in [1.29, 1.82) is 0 Å². The van der Waals surface area contributed by atoms with Crippen molar-refractivity contribution in [1.82, 2.24) is 14.5 Å². The first-order valence-corrected chi connectivity index (χ1v) is 9.34. The normalized spacial score (nSPS) is 15.5. The molecule has 2 heterocycles. The summed E-state index contributed by atoms with van der Waals surface area (Å²) in [6.45, 7) is 10.4. The van der Waals surface area contributed by atoms with Gasteiger partial charge in [0.1, 0.15) is 11.6 Å². The van der Waals surface area contributed by atoms with Crippen molar-refractivity contribution in [3.05, 3.63) is 52.0 Å². The van der Waals surface area contributed by atoms with E-state index in [9.17, 15) is 9.18 Å². The lowest BCUT2D eigenvalue weighted by molar-refractivity contribution is 0.253. The van der Waals surface area contributed by atoms with Crippen LogP contribution in [0.4, 0.5) is 10.1 Å². The van der Waals surface area contributed by atoms with E-state index in [0.717, 1.165) is 32.7 Å². The van der Waals surface area contributed by atoms with E-state index in [0.29, 0.717) is 22.9 Å². The van der Waals surface area contributed by atoms with Crippen molar-refractivity contribution in [2.45, 2.75) is 33.6 Å². The first-order chi connectivity index (χ1) is 12.5. The second-order valence-electron chi connectivity index (χ2n) is 6.94. The van der Waals surface area contributed by atoms with Crippen LogP contribution in [0.1, 0.15) is 31.3 Å². The lowest BCUT2D eigenvalue weighted by Crippen LogP contribution is -2.46. The number of hydrogen-bond donors (Lipinski definition) is 0. The van der Waals surface area contributed by atoms with E-state index < -0.39 is 0 Å². The minimum absolute atomic E-state index is 0.188. The molecule has 140 valence electrons. The van der Waals surface area contributed by atoms with Gasteiger partial charge in [0.2, 0.25) is 0 Å². The van der Waals surface area contributed by atoms with Crippen LogP contribution in [0.15, 0.2) is 29.1 Å². The lowest BCUT2D eigenvalue weighted by atomic mass is 10.2. The molecule has 0 saturated carbocycles. The summed E-state index contributed by atoms with van der Waals surface area (Å²) in [5, 5.41) is 0. The smallest absolute Gasteiger partial charge is 0.258 e. The molecule has 0 amide bonds. The summed E-state index contributed by atoms with van der Waals surface area (Å²) < 4.78 is 16.2. The van der Waals surface area contributed by atoms with Crippen LogP contribution < -0.4 is 10.5 Å². The quantitative estimate of drug-likeness (QED) is 0.824. The Morgan fingerprint density at radius 1 is 1.12 bits per heavy atom. The summed E-state index contributed by atoms with van der Waals surface area (Å²) in [6, 6.07) is 6.48. The van der Waals surface area contributed by atoms with Gasteiger partial charge in [-0.15, -0.1) is 0 Å². The van der Waals surface area contributed by atoms with E-state index in [2.05, 4.69) is 21.7 Å². The van der Waals surface area contributed by atoms with Gasteiger partial charge in [0.25, 0.3) is 5.56 Å². The van der Waals surface area contributed by atoms with Gasteiger partial charge < -0.3 is 4.90 Å². The van der Waals surface area contributed by atoms with E-state index in [1.807, 2.05) is 0 Å². The van der Waals surface area contributed by atoms with Crippen LogP contribution in [0.2, 0.25) is 0 Å². The van der Waals surface area contributed by atoms with Crippen molar-refractivity contribution in [3.8, 4) is 5.69 Å². The third-order valence-corrected chi connectivity index (χ3v) is 4.94. The summed E-state index contributed by atoms with van der Waals surface area (Å²) in [7, 11) is 0. The lowest BCUT2D eigenvalue weighted by Gasteiger charge is -2.36. The molecular weight excluding hydrogens is 331 g/mol. The van der Waals surface area contributed by atoms with Crippen LogP contribution in [-0.4, -0.2) is 47.2 Å². The molecule has 1 fully saturated rings. The highest BCUT2D eigenvalue weighted by Gasteiger charge is 2.19. The van der Waals surface area contributed by atoms with Gasteiger partial charge in [0, 0.05) is 44.0 Å². The second-order valence-corrected chi connectivity index (χ2v) is 6.94.